The van der Waals surface area contributed by atoms with E-state index in [4.69, 9.17) is 10.2 Å². The summed E-state index contributed by atoms with van der Waals surface area (Å²) in [6, 6.07) is 2.59. The van der Waals surface area contributed by atoms with Crippen LogP contribution >= 0.6 is 23.5 Å². The van der Waals surface area contributed by atoms with E-state index in [1.807, 2.05) is 0 Å². The van der Waals surface area contributed by atoms with Crippen molar-refractivity contribution in [2.75, 3.05) is 11.5 Å². The molecule has 0 spiro atoms. The van der Waals surface area contributed by atoms with Gasteiger partial charge in [0.1, 0.15) is 0 Å². The van der Waals surface area contributed by atoms with Gasteiger partial charge in [0.2, 0.25) is 0 Å². The van der Waals surface area contributed by atoms with Crippen molar-refractivity contribution in [2.24, 2.45) is 11.7 Å². The highest BCUT2D eigenvalue weighted by molar-refractivity contribution is 8.14. The number of rotatable bonds is 4. The first-order valence-corrected chi connectivity index (χ1v) is 8.61. The number of Topliss-reactive ketones (excluding diaryl/α,β-unsaturated/α-hetero) is 1. The summed E-state index contributed by atoms with van der Waals surface area (Å²) in [5.41, 5.74) is 6.45. The number of ketones is 1. The third-order valence-electron chi connectivity index (χ3n) is 3.79. The molecule has 1 fully saturated rings. The average molecular weight is 339 g/mol. The number of hydrogen-bond donors (Lipinski definition) is 2. The third-order valence-corrected chi connectivity index (χ3v) is 6.21. The number of carbonyl (C=O) groups excluding carboxylic acids is 2. The van der Waals surface area contributed by atoms with E-state index in [0.717, 1.165) is 11.8 Å². The van der Waals surface area contributed by atoms with Crippen molar-refractivity contribution >= 4 is 40.4 Å². The maximum absolute atomic E-state index is 11.9. The standard InChI is InChI=1S/C14H13NO5S2/c15-10-11(16)9-8(13(17)18)6(4-21-12(9)10)5-22-14(19)7-2-1-3-20-7/h1-3,9-10,12H,4-5,15H2,(H,17,18)/t9?,10-,12+/m1/s1. The monoisotopic (exact) mass is 339 g/mol. The Kier molecular flexibility index (Phi) is 4.16. The number of hydrogen-bond acceptors (Lipinski definition) is 7. The van der Waals surface area contributed by atoms with Gasteiger partial charge in [0.05, 0.1) is 18.2 Å². The lowest BCUT2D eigenvalue weighted by atomic mass is 9.72. The summed E-state index contributed by atoms with van der Waals surface area (Å²) >= 11 is 2.47. The van der Waals surface area contributed by atoms with Gasteiger partial charge in [0, 0.05) is 22.3 Å². The summed E-state index contributed by atoms with van der Waals surface area (Å²) in [6.45, 7) is 0. The van der Waals surface area contributed by atoms with Gasteiger partial charge in [-0.3, -0.25) is 9.59 Å². The second kappa shape index (κ2) is 5.94. The maximum Gasteiger partial charge on any atom is 0.332 e. The minimum Gasteiger partial charge on any atom is -0.478 e. The minimum absolute atomic E-state index is 0.121. The molecule has 0 amide bonds. The number of fused-ring (bicyclic) bond motifs is 1. The molecule has 3 rings (SSSR count). The lowest BCUT2D eigenvalue weighted by molar-refractivity contribution is -0.138. The summed E-state index contributed by atoms with van der Waals surface area (Å²) in [7, 11) is 0. The molecule has 1 saturated carbocycles. The maximum atomic E-state index is 11.9. The quantitative estimate of drug-likeness (QED) is 0.841. The summed E-state index contributed by atoms with van der Waals surface area (Å²) in [5, 5.41) is 8.99. The van der Waals surface area contributed by atoms with Crippen LogP contribution in [0.5, 0.6) is 0 Å². The Hall–Kier alpha value is -1.51. The zero-order chi connectivity index (χ0) is 15.9. The van der Waals surface area contributed by atoms with Gasteiger partial charge in [-0.2, -0.15) is 11.8 Å². The van der Waals surface area contributed by atoms with E-state index >= 15 is 0 Å². The highest BCUT2D eigenvalue weighted by Crippen LogP contribution is 2.45. The predicted molar refractivity (Wildman–Crippen MR) is 82.9 cm³/mol. The van der Waals surface area contributed by atoms with Crippen molar-refractivity contribution < 1.29 is 23.9 Å². The first-order valence-electron chi connectivity index (χ1n) is 6.57. The van der Waals surface area contributed by atoms with E-state index in [-0.39, 0.29) is 33.2 Å². The molecule has 0 bridgehead atoms. The molecule has 1 unspecified atom stereocenters. The number of furan rings is 1. The molecule has 2 aliphatic rings. The second-order valence-electron chi connectivity index (χ2n) is 5.06. The summed E-state index contributed by atoms with van der Waals surface area (Å²) in [6.07, 6.45) is 1.41. The van der Waals surface area contributed by atoms with Gasteiger partial charge in [0.25, 0.3) is 5.12 Å². The van der Waals surface area contributed by atoms with E-state index in [9.17, 15) is 19.5 Å². The van der Waals surface area contributed by atoms with E-state index < -0.39 is 17.9 Å². The molecule has 2 heterocycles. The van der Waals surface area contributed by atoms with Gasteiger partial charge < -0.3 is 15.3 Å². The molecule has 3 N–H and O–H groups in total. The zero-order valence-electron chi connectivity index (χ0n) is 11.4. The number of carboxylic acid groups (broad SMARTS) is 1. The lowest BCUT2D eigenvalue weighted by Gasteiger charge is -2.44. The van der Waals surface area contributed by atoms with E-state index in [2.05, 4.69) is 0 Å². The van der Waals surface area contributed by atoms with Gasteiger partial charge in [-0.25, -0.2) is 4.79 Å². The van der Waals surface area contributed by atoms with Gasteiger partial charge in [-0.1, -0.05) is 11.8 Å². The molecule has 116 valence electrons. The van der Waals surface area contributed by atoms with Crippen LogP contribution in [0.3, 0.4) is 0 Å². The molecule has 1 aromatic heterocycles. The molecular weight excluding hydrogens is 326 g/mol. The Morgan fingerprint density at radius 3 is 2.91 bits per heavy atom. The van der Waals surface area contributed by atoms with Gasteiger partial charge in [0.15, 0.2) is 11.5 Å². The highest BCUT2D eigenvalue weighted by Gasteiger charge is 2.54. The molecule has 1 aliphatic heterocycles. The van der Waals surface area contributed by atoms with Crippen LogP contribution in [0.25, 0.3) is 0 Å². The molecular formula is C14H13NO5S2. The van der Waals surface area contributed by atoms with E-state index in [1.54, 1.807) is 12.1 Å². The van der Waals surface area contributed by atoms with Crippen molar-refractivity contribution in [3.63, 3.8) is 0 Å². The van der Waals surface area contributed by atoms with Crippen LogP contribution in [-0.2, 0) is 9.59 Å². The van der Waals surface area contributed by atoms with E-state index in [0.29, 0.717) is 11.3 Å². The van der Waals surface area contributed by atoms with Crippen LogP contribution < -0.4 is 5.73 Å². The second-order valence-corrected chi connectivity index (χ2v) is 7.17. The number of thioether (sulfide) groups is 2. The van der Waals surface area contributed by atoms with Crippen LogP contribution in [0.15, 0.2) is 34.0 Å². The van der Waals surface area contributed by atoms with Crippen molar-refractivity contribution in [1.82, 2.24) is 0 Å². The van der Waals surface area contributed by atoms with Gasteiger partial charge >= 0.3 is 5.97 Å². The van der Waals surface area contributed by atoms with Crippen molar-refractivity contribution in [3.05, 3.63) is 35.3 Å². The normalized spacial score (nSPS) is 27.3. The Morgan fingerprint density at radius 2 is 2.27 bits per heavy atom. The van der Waals surface area contributed by atoms with Crippen LogP contribution in [0.4, 0.5) is 0 Å². The fraction of sp³-hybridized carbons (Fsp3) is 0.357. The fourth-order valence-electron chi connectivity index (χ4n) is 2.64. The van der Waals surface area contributed by atoms with Crippen LogP contribution in [0, 0.1) is 5.92 Å². The zero-order valence-corrected chi connectivity index (χ0v) is 13.0. The van der Waals surface area contributed by atoms with Crippen LogP contribution in [0.2, 0.25) is 0 Å². The van der Waals surface area contributed by atoms with Crippen LogP contribution in [-0.4, -0.2) is 44.8 Å². The highest BCUT2D eigenvalue weighted by atomic mass is 32.2. The summed E-state index contributed by atoms with van der Waals surface area (Å²) < 4.78 is 5.01. The Bertz CT molecular complexity index is 667. The molecule has 1 aliphatic carbocycles. The summed E-state index contributed by atoms with van der Waals surface area (Å²) in [4.78, 5) is 35.3. The largest absolute Gasteiger partial charge is 0.478 e. The summed E-state index contributed by atoms with van der Waals surface area (Å²) in [5.74, 6) is -1.03. The fourth-order valence-corrected chi connectivity index (χ4v) is 5.05. The van der Waals surface area contributed by atoms with E-state index in [1.165, 1.54) is 18.0 Å². The molecule has 3 atom stereocenters. The molecule has 6 nitrogen and oxygen atoms in total. The molecule has 8 heteroatoms. The first kappa shape index (κ1) is 15.4. The Labute approximate surface area is 134 Å². The smallest absolute Gasteiger partial charge is 0.332 e. The van der Waals surface area contributed by atoms with Gasteiger partial charge in [-0.05, 0) is 17.7 Å². The minimum atomic E-state index is -1.10. The lowest BCUT2D eigenvalue weighted by Crippen LogP contribution is -2.62. The Balaban J connectivity index is 1.77. The molecule has 0 aromatic carbocycles. The molecule has 0 radical (unpaired) electrons. The number of carbonyl (C=O) groups is 3. The first-order chi connectivity index (χ1) is 10.5. The SMILES string of the molecule is N[C@@H]1C(=O)C2C(C(=O)O)=C(CSC(=O)c3ccco3)CS[C@@H]21. The van der Waals surface area contributed by atoms with Crippen molar-refractivity contribution in [2.45, 2.75) is 11.3 Å². The molecule has 22 heavy (non-hydrogen) atoms. The average Bonchev–Trinajstić information content (AvgIpc) is 3.05. The van der Waals surface area contributed by atoms with Crippen LogP contribution in [0.1, 0.15) is 10.6 Å². The topological polar surface area (TPSA) is 111 Å². The molecule has 1 aromatic rings. The predicted octanol–water partition coefficient (Wildman–Crippen LogP) is 1.18. The molecule has 0 saturated heterocycles. The Morgan fingerprint density at radius 1 is 1.50 bits per heavy atom. The third kappa shape index (κ3) is 2.51. The van der Waals surface area contributed by atoms with Gasteiger partial charge in [-0.15, -0.1) is 0 Å². The number of aliphatic carboxylic acids is 1. The number of carboxylic acids is 1. The van der Waals surface area contributed by atoms with Crippen molar-refractivity contribution in [1.29, 1.82) is 0 Å². The number of nitrogens with two attached hydrogens (primary N) is 1. The van der Waals surface area contributed by atoms with Crippen molar-refractivity contribution in [3.8, 4) is 0 Å².